The molecule has 1 aromatic heterocycles. The van der Waals surface area contributed by atoms with Gasteiger partial charge in [0.1, 0.15) is 0 Å². The molecule has 4 nitrogen and oxygen atoms in total. The van der Waals surface area contributed by atoms with Crippen LogP contribution in [0.15, 0.2) is 30.5 Å². The van der Waals surface area contributed by atoms with E-state index in [1.165, 1.54) is 0 Å². The van der Waals surface area contributed by atoms with Crippen LogP contribution in [0.2, 0.25) is 0 Å². The fourth-order valence-corrected chi connectivity index (χ4v) is 3.18. The molecule has 112 valence electrons. The Morgan fingerprint density at radius 1 is 1.29 bits per heavy atom. The quantitative estimate of drug-likeness (QED) is 0.877. The minimum absolute atomic E-state index is 0.218. The number of carbonyl (C=O) groups excluding carboxylic acids is 1. The van der Waals surface area contributed by atoms with Crippen molar-refractivity contribution in [3.8, 4) is 0 Å². The second-order valence-corrected chi connectivity index (χ2v) is 6.14. The zero-order valence-corrected chi connectivity index (χ0v) is 12.8. The van der Waals surface area contributed by atoms with Gasteiger partial charge in [-0.05, 0) is 33.0 Å². The molecule has 3 rings (SSSR count). The SMILES string of the molecule is CN(C)C1CCN(CC(=O)c2c[nH]c3ccccc23)CC1. The van der Waals surface area contributed by atoms with Gasteiger partial charge in [0.15, 0.2) is 5.78 Å². The van der Waals surface area contributed by atoms with Crippen molar-refractivity contribution in [2.45, 2.75) is 18.9 Å². The number of ketones is 1. The average molecular weight is 285 g/mol. The van der Waals surface area contributed by atoms with Crippen molar-refractivity contribution < 1.29 is 4.79 Å². The molecule has 21 heavy (non-hydrogen) atoms. The van der Waals surface area contributed by atoms with Gasteiger partial charge in [0.2, 0.25) is 0 Å². The molecule has 2 heterocycles. The van der Waals surface area contributed by atoms with Gasteiger partial charge in [0.05, 0.1) is 6.54 Å². The predicted octanol–water partition coefficient (Wildman–Crippen LogP) is 2.38. The number of likely N-dealkylation sites (tertiary alicyclic amines) is 1. The van der Waals surface area contributed by atoms with E-state index in [4.69, 9.17) is 0 Å². The van der Waals surface area contributed by atoms with E-state index < -0.39 is 0 Å². The number of para-hydroxylation sites is 1. The smallest absolute Gasteiger partial charge is 0.178 e. The van der Waals surface area contributed by atoms with E-state index in [0.29, 0.717) is 12.6 Å². The molecule has 1 fully saturated rings. The Balaban J connectivity index is 1.65. The Morgan fingerprint density at radius 3 is 2.71 bits per heavy atom. The second-order valence-electron chi connectivity index (χ2n) is 6.14. The minimum Gasteiger partial charge on any atom is -0.360 e. The highest BCUT2D eigenvalue weighted by atomic mass is 16.1. The van der Waals surface area contributed by atoms with Crippen LogP contribution < -0.4 is 0 Å². The van der Waals surface area contributed by atoms with Crippen LogP contribution in [0.5, 0.6) is 0 Å². The summed E-state index contributed by atoms with van der Waals surface area (Å²) >= 11 is 0. The van der Waals surface area contributed by atoms with Gasteiger partial charge in [-0.15, -0.1) is 0 Å². The molecule has 1 saturated heterocycles. The van der Waals surface area contributed by atoms with E-state index in [1.54, 1.807) is 0 Å². The highest BCUT2D eigenvalue weighted by Gasteiger charge is 2.23. The van der Waals surface area contributed by atoms with Gasteiger partial charge >= 0.3 is 0 Å². The third-order valence-electron chi connectivity index (χ3n) is 4.54. The number of carbonyl (C=O) groups is 1. The summed E-state index contributed by atoms with van der Waals surface area (Å²) in [5, 5.41) is 1.03. The van der Waals surface area contributed by atoms with E-state index in [1.807, 2.05) is 30.5 Å². The average Bonchev–Trinajstić information content (AvgIpc) is 2.92. The van der Waals surface area contributed by atoms with Gasteiger partial charge in [-0.25, -0.2) is 0 Å². The summed E-state index contributed by atoms with van der Waals surface area (Å²) in [6.07, 6.45) is 4.14. The molecule has 0 atom stereocenters. The molecule has 0 radical (unpaired) electrons. The number of aromatic nitrogens is 1. The van der Waals surface area contributed by atoms with Crippen LogP contribution in [0.3, 0.4) is 0 Å². The van der Waals surface area contributed by atoms with Gasteiger partial charge in [-0.3, -0.25) is 9.69 Å². The van der Waals surface area contributed by atoms with E-state index >= 15 is 0 Å². The summed E-state index contributed by atoms with van der Waals surface area (Å²) in [6, 6.07) is 8.64. The summed E-state index contributed by atoms with van der Waals surface area (Å²) in [6.45, 7) is 2.55. The molecule has 1 aliphatic heterocycles. The Hall–Kier alpha value is -1.65. The highest BCUT2D eigenvalue weighted by molar-refractivity contribution is 6.08. The van der Waals surface area contributed by atoms with Gasteiger partial charge in [0.25, 0.3) is 0 Å². The largest absolute Gasteiger partial charge is 0.360 e. The molecule has 0 unspecified atom stereocenters. The van der Waals surface area contributed by atoms with E-state index in [9.17, 15) is 4.79 Å². The van der Waals surface area contributed by atoms with Gasteiger partial charge in [0, 0.05) is 41.8 Å². The third-order valence-corrected chi connectivity index (χ3v) is 4.54. The van der Waals surface area contributed by atoms with Crippen LogP contribution >= 0.6 is 0 Å². The summed E-state index contributed by atoms with van der Waals surface area (Å²) < 4.78 is 0. The van der Waals surface area contributed by atoms with Crippen LogP contribution in [-0.2, 0) is 0 Å². The third kappa shape index (κ3) is 3.01. The van der Waals surface area contributed by atoms with Crippen molar-refractivity contribution in [1.82, 2.24) is 14.8 Å². The first-order valence-electron chi connectivity index (χ1n) is 7.63. The van der Waals surface area contributed by atoms with Crippen LogP contribution in [0.1, 0.15) is 23.2 Å². The van der Waals surface area contributed by atoms with E-state index in [-0.39, 0.29) is 5.78 Å². The molecule has 0 spiro atoms. The lowest BCUT2D eigenvalue weighted by atomic mass is 10.0. The maximum absolute atomic E-state index is 12.5. The first-order valence-corrected chi connectivity index (χ1v) is 7.63. The fraction of sp³-hybridized carbons (Fsp3) is 0.471. The molecule has 1 aromatic carbocycles. The van der Waals surface area contributed by atoms with E-state index in [0.717, 1.165) is 42.4 Å². The number of nitrogens with one attached hydrogen (secondary N) is 1. The van der Waals surface area contributed by atoms with Crippen molar-refractivity contribution in [3.05, 3.63) is 36.0 Å². The minimum atomic E-state index is 0.218. The molecule has 4 heteroatoms. The monoisotopic (exact) mass is 285 g/mol. The number of hydrogen-bond donors (Lipinski definition) is 1. The molecule has 0 aliphatic carbocycles. The zero-order valence-electron chi connectivity index (χ0n) is 12.8. The predicted molar refractivity (Wildman–Crippen MR) is 85.8 cm³/mol. The lowest BCUT2D eigenvalue weighted by molar-refractivity contribution is 0.0875. The van der Waals surface area contributed by atoms with Crippen molar-refractivity contribution in [2.75, 3.05) is 33.7 Å². The lowest BCUT2D eigenvalue weighted by Crippen LogP contribution is -2.43. The number of fused-ring (bicyclic) bond motifs is 1. The zero-order chi connectivity index (χ0) is 14.8. The number of H-pyrrole nitrogens is 1. The second kappa shape index (κ2) is 6.00. The van der Waals surface area contributed by atoms with Crippen LogP contribution in [0, 0.1) is 0 Å². The maximum atomic E-state index is 12.5. The first kappa shape index (κ1) is 14.3. The number of aromatic amines is 1. The molecular weight excluding hydrogens is 262 g/mol. The molecule has 0 amide bonds. The standard InChI is InChI=1S/C17H23N3O/c1-19(2)13-7-9-20(10-8-13)12-17(21)15-11-18-16-6-4-3-5-14(15)16/h3-6,11,13,18H,7-10,12H2,1-2H3. The lowest BCUT2D eigenvalue weighted by Gasteiger charge is -2.34. The Labute approximate surface area is 125 Å². The molecule has 2 aromatic rings. The Kier molecular flexibility index (Phi) is 4.08. The molecule has 0 bridgehead atoms. The Morgan fingerprint density at radius 2 is 2.00 bits per heavy atom. The number of hydrogen-bond acceptors (Lipinski definition) is 3. The number of benzene rings is 1. The summed E-state index contributed by atoms with van der Waals surface area (Å²) in [4.78, 5) is 20.3. The number of Topliss-reactive ketones (excluding diaryl/α,β-unsaturated/α-hetero) is 1. The topological polar surface area (TPSA) is 39.3 Å². The summed E-state index contributed by atoms with van der Waals surface area (Å²) in [5.41, 5.74) is 1.85. The van der Waals surface area contributed by atoms with Gasteiger partial charge < -0.3 is 9.88 Å². The van der Waals surface area contributed by atoms with Crippen LogP contribution in [0.25, 0.3) is 10.9 Å². The highest BCUT2D eigenvalue weighted by Crippen LogP contribution is 2.20. The normalized spacial score (nSPS) is 17.7. The summed E-state index contributed by atoms with van der Waals surface area (Å²) in [5.74, 6) is 0.218. The molecule has 0 saturated carbocycles. The number of nitrogens with zero attached hydrogens (tertiary/aromatic N) is 2. The van der Waals surface area contributed by atoms with Crippen LogP contribution in [0.4, 0.5) is 0 Å². The summed E-state index contributed by atoms with van der Waals surface area (Å²) in [7, 11) is 4.27. The molecular formula is C17H23N3O. The number of rotatable bonds is 4. The van der Waals surface area contributed by atoms with Crippen molar-refractivity contribution in [1.29, 1.82) is 0 Å². The molecule has 1 aliphatic rings. The maximum Gasteiger partial charge on any atom is 0.178 e. The van der Waals surface area contributed by atoms with Crippen molar-refractivity contribution >= 4 is 16.7 Å². The molecule has 1 N–H and O–H groups in total. The Bertz CT molecular complexity index is 624. The van der Waals surface area contributed by atoms with E-state index in [2.05, 4.69) is 28.9 Å². The number of piperidine rings is 1. The van der Waals surface area contributed by atoms with Crippen molar-refractivity contribution in [3.63, 3.8) is 0 Å². The van der Waals surface area contributed by atoms with Crippen LogP contribution in [-0.4, -0.2) is 60.3 Å². The van der Waals surface area contributed by atoms with Gasteiger partial charge in [-0.2, -0.15) is 0 Å². The van der Waals surface area contributed by atoms with Crippen molar-refractivity contribution in [2.24, 2.45) is 0 Å². The fourth-order valence-electron chi connectivity index (χ4n) is 3.18. The van der Waals surface area contributed by atoms with Gasteiger partial charge in [-0.1, -0.05) is 18.2 Å². The first-order chi connectivity index (χ1) is 10.1.